The van der Waals surface area contributed by atoms with E-state index in [0.717, 1.165) is 23.1 Å². The Hall–Kier alpha value is -2.17. The molecule has 0 amide bonds. The lowest BCUT2D eigenvalue weighted by molar-refractivity contribution is -0.141. The maximum atomic E-state index is 13.5. The van der Waals surface area contributed by atoms with Crippen LogP contribution in [0, 0.1) is 18.6 Å². The first-order chi connectivity index (χ1) is 11.7. The largest absolute Gasteiger partial charge is 0.456 e. The van der Waals surface area contributed by atoms with Gasteiger partial charge in [0.05, 0.1) is 4.88 Å². The summed E-state index contributed by atoms with van der Waals surface area (Å²) in [4.78, 5) is 23.4. The van der Waals surface area contributed by atoms with Crippen LogP contribution in [0.3, 0.4) is 0 Å². The third kappa shape index (κ3) is 4.91. The summed E-state index contributed by atoms with van der Waals surface area (Å²) in [6.07, 6.45) is 0. The van der Waals surface area contributed by atoms with E-state index in [1.807, 2.05) is 6.92 Å². The van der Waals surface area contributed by atoms with Gasteiger partial charge in [0.1, 0.15) is 18.2 Å². The summed E-state index contributed by atoms with van der Waals surface area (Å²) in [7, 11) is -4.59. The minimum Gasteiger partial charge on any atom is -0.456 e. The molecule has 0 aliphatic heterocycles. The van der Waals surface area contributed by atoms with Crippen molar-refractivity contribution in [2.24, 2.45) is 0 Å². The average Bonchev–Trinajstić information content (AvgIpc) is 2.97. The summed E-state index contributed by atoms with van der Waals surface area (Å²) >= 11 is 1.23. The Labute approximate surface area is 146 Å². The zero-order valence-corrected chi connectivity index (χ0v) is 14.5. The second-order valence-corrected chi connectivity index (χ2v) is 7.86. The minimum absolute atomic E-state index is 0.402. The van der Waals surface area contributed by atoms with Gasteiger partial charge in [-0.3, -0.25) is 9.59 Å². The molecule has 6 nitrogen and oxygen atoms in total. The number of carbonyl (C=O) groups is 2. The molecule has 134 valence electrons. The fourth-order valence-corrected chi connectivity index (χ4v) is 3.71. The van der Waals surface area contributed by atoms with Gasteiger partial charge in [-0.25, -0.2) is 17.2 Å². The third-order valence-electron chi connectivity index (χ3n) is 2.97. The summed E-state index contributed by atoms with van der Waals surface area (Å²) in [6.45, 7) is 0.380. The van der Waals surface area contributed by atoms with E-state index in [9.17, 15) is 26.8 Å². The van der Waals surface area contributed by atoms with E-state index in [2.05, 4.69) is 4.74 Å². The number of halogens is 2. The molecule has 0 fully saturated rings. The van der Waals surface area contributed by atoms with Gasteiger partial charge in [-0.1, -0.05) is 6.07 Å². The van der Waals surface area contributed by atoms with Gasteiger partial charge in [0.15, 0.2) is 11.5 Å². The number of nitrogens with one attached hydrogen (secondary N) is 1. The molecule has 0 unspecified atom stereocenters. The summed E-state index contributed by atoms with van der Waals surface area (Å²) in [6, 6.07) is 5.88. The first-order valence-electron chi connectivity index (χ1n) is 6.89. The first-order valence-corrected chi connectivity index (χ1v) is 9.19. The molecule has 0 spiro atoms. The number of sulfonamides is 1. The number of esters is 1. The predicted octanol–water partition coefficient (Wildman–Crippen LogP) is 2.04. The highest BCUT2D eigenvalue weighted by molar-refractivity contribution is 7.89. The standard InChI is InChI=1S/C15H13F2NO5S2/c1-9-5-6-13(24-9)12(19)8-23-14(20)7-18-25(21,22)15-10(16)3-2-4-11(15)17/h2-6,18H,7-8H2,1H3. The van der Waals surface area contributed by atoms with Crippen LogP contribution in [-0.2, 0) is 19.6 Å². The number of ether oxygens (including phenoxy) is 1. The number of Topliss-reactive ketones (excluding diaryl/α,β-unsaturated/α-hetero) is 1. The van der Waals surface area contributed by atoms with Crippen molar-refractivity contribution in [1.82, 2.24) is 4.72 Å². The van der Waals surface area contributed by atoms with E-state index < -0.39 is 51.5 Å². The van der Waals surface area contributed by atoms with Crippen LogP contribution >= 0.6 is 11.3 Å². The molecule has 1 N–H and O–H groups in total. The Morgan fingerprint density at radius 2 is 1.80 bits per heavy atom. The zero-order chi connectivity index (χ0) is 18.6. The van der Waals surface area contributed by atoms with E-state index >= 15 is 0 Å². The van der Waals surface area contributed by atoms with E-state index in [4.69, 9.17) is 0 Å². The number of thiophene rings is 1. The Kier molecular flexibility index (Phi) is 5.98. The smallest absolute Gasteiger partial charge is 0.321 e. The van der Waals surface area contributed by atoms with Crippen LogP contribution in [0.25, 0.3) is 0 Å². The maximum absolute atomic E-state index is 13.5. The lowest BCUT2D eigenvalue weighted by Crippen LogP contribution is -2.32. The second-order valence-electron chi connectivity index (χ2n) is 4.87. The summed E-state index contributed by atoms with van der Waals surface area (Å²) < 4.78 is 57.1. The van der Waals surface area contributed by atoms with Crippen LogP contribution in [-0.4, -0.2) is 33.3 Å². The maximum Gasteiger partial charge on any atom is 0.321 e. The molecule has 0 bridgehead atoms. The van der Waals surface area contributed by atoms with Crippen LogP contribution in [0.5, 0.6) is 0 Å². The molecule has 2 aromatic rings. The summed E-state index contributed by atoms with van der Waals surface area (Å²) in [5.41, 5.74) is 0. The van der Waals surface area contributed by atoms with E-state index in [1.54, 1.807) is 16.9 Å². The molecule has 1 aromatic carbocycles. The Morgan fingerprint density at radius 1 is 1.16 bits per heavy atom. The van der Waals surface area contributed by atoms with Crippen molar-refractivity contribution in [1.29, 1.82) is 0 Å². The number of ketones is 1. The van der Waals surface area contributed by atoms with Crippen molar-refractivity contribution in [3.63, 3.8) is 0 Å². The van der Waals surface area contributed by atoms with Gasteiger partial charge in [0.25, 0.3) is 0 Å². The monoisotopic (exact) mass is 389 g/mol. The molecule has 0 saturated heterocycles. The van der Waals surface area contributed by atoms with Crippen LogP contribution in [0.4, 0.5) is 8.78 Å². The van der Waals surface area contributed by atoms with Crippen LogP contribution in [0.15, 0.2) is 35.2 Å². The Balaban J connectivity index is 1.92. The number of hydrogen-bond acceptors (Lipinski definition) is 6. The molecule has 0 aliphatic rings. The van der Waals surface area contributed by atoms with Crippen molar-refractivity contribution in [3.05, 3.63) is 51.7 Å². The number of hydrogen-bond donors (Lipinski definition) is 1. The molecule has 1 heterocycles. The number of benzene rings is 1. The molecule has 0 saturated carbocycles. The quantitative estimate of drug-likeness (QED) is 0.578. The van der Waals surface area contributed by atoms with Crippen molar-refractivity contribution in [3.8, 4) is 0 Å². The fourth-order valence-electron chi connectivity index (χ4n) is 1.82. The molecule has 0 radical (unpaired) electrons. The molecule has 0 atom stereocenters. The normalized spacial score (nSPS) is 11.3. The number of carbonyl (C=O) groups excluding carboxylic acids is 2. The number of aryl methyl sites for hydroxylation is 1. The van der Waals surface area contributed by atoms with Gasteiger partial charge in [-0.15, -0.1) is 11.3 Å². The third-order valence-corrected chi connectivity index (χ3v) is 5.47. The van der Waals surface area contributed by atoms with E-state index in [-0.39, 0.29) is 0 Å². The average molecular weight is 389 g/mol. The summed E-state index contributed by atoms with van der Waals surface area (Å²) in [5.74, 6) is -4.07. The van der Waals surface area contributed by atoms with Crippen molar-refractivity contribution >= 4 is 33.1 Å². The van der Waals surface area contributed by atoms with Gasteiger partial charge in [-0.2, -0.15) is 4.72 Å². The van der Waals surface area contributed by atoms with Crippen molar-refractivity contribution in [2.45, 2.75) is 11.8 Å². The molecular weight excluding hydrogens is 376 g/mol. The molecular formula is C15H13F2NO5S2. The van der Waals surface area contributed by atoms with Gasteiger partial charge < -0.3 is 4.74 Å². The predicted molar refractivity (Wildman–Crippen MR) is 85.9 cm³/mol. The lowest BCUT2D eigenvalue weighted by atomic mass is 10.3. The molecule has 10 heteroatoms. The van der Waals surface area contributed by atoms with Crippen molar-refractivity contribution < 1.29 is 31.5 Å². The Bertz CT molecular complexity index is 888. The highest BCUT2D eigenvalue weighted by Crippen LogP contribution is 2.18. The molecule has 0 aliphatic carbocycles. The fraction of sp³-hybridized carbons (Fsp3) is 0.200. The Morgan fingerprint density at radius 3 is 2.36 bits per heavy atom. The van der Waals surface area contributed by atoms with Crippen LogP contribution in [0.2, 0.25) is 0 Å². The highest BCUT2D eigenvalue weighted by Gasteiger charge is 2.24. The molecule has 25 heavy (non-hydrogen) atoms. The van der Waals surface area contributed by atoms with Gasteiger partial charge in [0, 0.05) is 4.88 Å². The van der Waals surface area contributed by atoms with E-state index in [0.29, 0.717) is 4.88 Å². The van der Waals surface area contributed by atoms with E-state index in [1.165, 1.54) is 11.3 Å². The lowest BCUT2D eigenvalue weighted by Gasteiger charge is -2.08. The SMILES string of the molecule is Cc1ccc(C(=O)COC(=O)CNS(=O)(=O)c2c(F)cccc2F)s1. The zero-order valence-electron chi connectivity index (χ0n) is 12.9. The minimum atomic E-state index is -4.59. The number of rotatable bonds is 7. The van der Waals surface area contributed by atoms with Gasteiger partial charge in [0.2, 0.25) is 15.8 Å². The summed E-state index contributed by atoms with van der Waals surface area (Å²) in [5, 5.41) is 0. The molecule has 1 aromatic heterocycles. The van der Waals surface area contributed by atoms with Crippen LogP contribution in [0.1, 0.15) is 14.5 Å². The first kappa shape index (κ1) is 19.2. The second kappa shape index (κ2) is 7.81. The topological polar surface area (TPSA) is 89.5 Å². The van der Waals surface area contributed by atoms with Gasteiger partial charge in [-0.05, 0) is 31.2 Å². The highest BCUT2D eigenvalue weighted by atomic mass is 32.2. The van der Waals surface area contributed by atoms with Gasteiger partial charge >= 0.3 is 5.97 Å². The van der Waals surface area contributed by atoms with Crippen molar-refractivity contribution in [2.75, 3.05) is 13.2 Å². The van der Waals surface area contributed by atoms with Crippen LogP contribution < -0.4 is 4.72 Å². The molecule has 2 rings (SSSR count).